The monoisotopic (exact) mass is 324 g/mol. The van der Waals surface area contributed by atoms with Gasteiger partial charge in [-0.25, -0.2) is 0 Å². The minimum atomic E-state index is -0.306. The number of hydrogen-bond acceptors (Lipinski definition) is 3. The number of aryl methyl sites for hydroxylation is 2. The number of ketones is 1. The minimum absolute atomic E-state index is 0.0210. The van der Waals surface area contributed by atoms with E-state index in [-0.39, 0.29) is 11.7 Å². The Kier molecular flexibility index (Phi) is 3.96. The lowest BCUT2D eigenvalue weighted by atomic mass is 10.1. The molecule has 116 valence electrons. The minimum Gasteiger partial charge on any atom is -0.319 e. The van der Waals surface area contributed by atoms with E-state index < -0.39 is 0 Å². The Morgan fingerprint density at radius 3 is 2.30 bits per heavy atom. The fraction of sp³-hybridized carbons (Fsp3) is 0.167. The zero-order valence-corrected chi connectivity index (χ0v) is 14.0. The fourth-order valence-electron chi connectivity index (χ4n) is 2.50. The van der Waals surface area contributed by atoms with Crippen molar-refractivity contribution in [2.45, 2.75) is 13.8 Å². The molecular weight excluding hydrogens is 308 g/mol. The number of para-hydroxylation sites is 1. The van der Waals surface area contributed by atoms with Crippen LogP contribution in [0.1, 0.15) is 33.2 Å². The van der Waals surface area contributed by atoms with Crippen molar-refractivity contribution in [2.75, 3.05) is 0 Å². The highest BCUT2D eigenvalue weighted by molar-refractivity contribution is 7.16. The molecule has 0 aliphatic carbocycles. The van der Waals surface area contributed by atoms with Crippen LogP contribution in [0.25, 0.3) is 10.2 Å². The number of carbonyl (C=O) groups is 2. The van der Waals surface area contributed by atoms with E-state index in [1.165, 1.54) is 18.3 Å². The molecule has 0 saturated carbocycles. The topological polar surface area (TPSA) is 51.4 Å². The molecule has 23 heavy (non-hydrogen) atoms. The Balaban J connectivity index is 2.04. The van der Waals surface area contributed by atoms with Crippen molar-refractivity contribution in [3.63, 3.8) is 0 Å². The molecule has 1 heterocycles. The van der Waals surface area contributed by atoms with Gasteiger partial charge in [0.15, 0.2) is 10.6 Å². The summed E-state index contributed by atoms with van der Waals surface area (Å²) in [5.74, 6) is -0.327. The standard InChI is InChI=1S/C18H16N2O2S/c1-11-5-4-6-15-16(11)20(3)18(23-15)19-17(22)14-9-7-13(8-10-14)12(2)21/h4-10H,1-3H3. The van der Waals surface area contributed by atoms with E-state index in [2.05, 4.69) is 4.99 Å². The second-order valence-corrected chi connectivity index (χ2v) is 6.42. The summed E-state index contributed by atoms with van der Waals surface area (Å²) in [4.78, 5) is 28.5. The molecular formula is C18H16N2O2S. The molecule has 0 spiro atoms. The van der Waals surface area contributed by atoms with Crippen molar-refractivity contribution in [2.24, 2.45) is 12.0 Å². The Morgan fingerprint density at radius 2 is 1.70 bits per heavy atom. The predicted octanol–water partition coefficient (Wildman–Crippen LogP) is 3.49. The van der Waals surface area contributed by atoms with Crippen molar-refractivity contribution in [1.29, 1.82) is 0 Å². The first-order valence-electron chi connectivity index (χ1n) is 7.22. The molecule has 0 aliphatic heterocycles. The molecule has 2 aromatic carbocycles. The maximum Gasteiger partial charge on any atom is 0.279 e. The largest absolute Gasteiger partial charge is 0.319 e. The number of benzene rings is 2. The number of amides is 1. The van der Waals surface area contributed by atoms with Crippen molar-refractivity contribution in [3.8, 4) is 0 Å². The summed E-state index contributed by atoms with van der Waals surface area (Å²) >= 11 is 1.49. The number of carbonyl (C=O) groups excluding carboxylic acids is 2. The number of aromatic nitrogens is 1. The van der Waals surface area contributed by atoms with E-state index in [0.29, 0.717) is 15.9 Å². The smallest absolute Gasteiger partial charge is 0.279 e. The number of Topliss-reactive ketones (excluding diaryl/α,β-unsaturated/α-hetero) is 1. The molecule has 0 radical (unpaired) electrons. The lowest BCUT2D eigenvalue weighted by Crippen LogP contribution is -2.13. The van der Waals surface area contributed by atoms with Crippen LogP contribution in [-0.4, -0.2) is 16.3 Å². The quantitative estimate of drug-likeness (QED) is 0.678. The first-order chi connectivity index (χ1) is 11.0. The van der Waals surface area contributed by atoms with Gasteiger partial charge in [0.25, 0.3) is 5.91 Å². The Morgan fingerprint density at radius 1 is 1.04 bits per heavy atom. The van der Waals surface area contributed by atoms with E-state index in [1.807, 2.05) is 36.7 Å². The fourth-order valence-corrected chi connectivity index (χ4v) is 3.60. The highest BCUT2D eigenvalue weighted by Gasteiger charge is 2.09. The Hall–Kier alpha value is -2.53. The van der Waals surface area contributed by atoms with Gasteiger partial charge in [0.05, 0.1) is 10.2 Å². The lowest BCUT2D eigenvalue weighted by molar-refractivity contribution is 0.0991. The van der Waals surface area contributed by atoms with Crippen LogP contribution >= 0.6 is 11.3 Å². The van der Waals surface area contributed by atoms with Gasteiger partial charge in [-0.1, -0.05) is 35.6 Å². The molecule has 0 atom stereocenters. The maximum absolute atomic E-state index is 12.4. The zero-order valence-electron chi connectivity index (χ0n) is 13.2. The second-order valence-electron chi connectivity index (χ2n) is 5.42. The summed E-state index contributed by atoms with van der Waals surface area (Å²) < 4.78 is 3.04. The summed E-state index contributed by atoms with van der Waals surface area (Å²) in [5, 5.41) is 0. The summed E-state index contributed by atoms with van der Waals surface area (Å²) in [6, 6.07) is 12.7. The SMILES string of the molecule is CC(=O)c1ccc(C(=O)N=c2sc3cccc(C)c3n2C)cc1. The molecule has 0 bridgehead atoms. The Bertz CT molecular complexity index is 978. The highest BCUT2D eigenvalue weighted by Crippen LogP contribution is 2.19. The zero-order chi connectivity index (χ0) is 16.6. The van der Waals surface area contributed by atoms with Crippen LogP contribution in [0, 0.1) is 6.92 Å². The molecule has 0 aliphatic rings. The molecule has 1 amide bonds. The third-order valence-electron chi connectivity index (χ3n) is 3.76. The van der Waals surface area contributed by atoms with Gasteiger partial charge < -0.3 is 4.57 Å². The summed E-state index contributed by atoms with van der Waals surface area (Å²) in [7, 11) is 1.91. The third kappa shape index (κ3) is 2.87. The Labute approximate surface area is 137 Å². The average Bonchev–Trinajstić information content (AvgIpc) is 2.85. The molecule has 3 aromatic rings. The number of hydrogen-bond donors (Lipinski definition) is 0. The molecule has 0 saturated heterocycles. The van der Waals surface area contributed by atoms with Crippen molar-refractivity contribution in [3.05, 3.63) is 64.0 Å². The molecule has 0 N–H and O–H groups in total. The summed E-state index contributed by atoms with van der Waals surface area (Å²) in [5.41, 5.74) is 3.31. The van der Waals surface area contributed by atoms with Crippen molar-refractivity contribution >= 4 is 33.2 Å². The van der Waals surface area contributed by atoms with Gasteiger partial charge in [-0.3, -0.25) is 9.59 Å². The second kappa shape index (κ2) is 5.93. The number of nitrogens with zero attached hydrogens (tertiary/aromatic N) is 2. The van der Waals surface area contributed by atoms with Crippen molar-refractivity contribution < 1.29 is 9.59 Å². The van der Waals surface area contributed by atoms with E-state index in [0.717, 1.165) is 15.8 Å². The van der Waals surface area contributed by atoms with Gasteiger partial charge in [0, 0.05) is 18.2 Å². The van der Waals surface area contributed by atoms with Gasteiger partial charge in [-0.05, 0) is 37.6 Å². The number of thiazole rings is 1. The first-order valence-corrected chi connectivity index (χ1v) is 8.04. The number of fused-ring (bicyclic) bond motifs is 1. The predicted molar refractivity (Wildman–Crippen MR) is 91.9 cm³/mol. The highest BCUT2D eigenvalue weighted by atomic mass is 32.1. The van der Waals surface area contributed by atoms with E-state index in [4.69, 9.17) is 0 Å². The van der Waals surface area contributed by atoms with E-state index >= 15 is 0 Å². The summed E-state index contributed by atoms with van der Waals surface area (Å²) in [6.45, 7) is 3.54. The van der Waals surface area contributed by atoms with Gasteiger partial charge >= 0.3 is 0 Å². The molecule has 0 unspecified atom stereocenters. The maximum atomic E-state index is 12.4. The molecule has 1 aromatic heterocycles. The normalized spacial score (nSPS) is 11.9. The van der Waals surface area contributed by atoms with Gasteiger partial charge in [0.1, 0.15) is 0 Å². The van der Waals surface area contributed by atoms with Crippen LogP contribution in [0.15, 0.2) is 47.5 Å². The molecule has 5 heteroatoms. The lowest BCUT2D eigenvalue weighted by Gasteiger charge is -1.99. The summed E-state index contributed by atoms with van der Waals surface area (Å²) in [6.07, 6.45) is 0. The van der Waals surface area contributed by atoms with E-state index in [9.17, 15) is 9.59 Å². The molecule has 4 nitrogen and oxygen atoms in total. The molecule has 0 fully saturated rings. The van der Waals surface area contributed by atoms with E-state index in [1.54, 1.807) is 24.3 Å². The van der Waals surface area contributed by atoms with Gasteiger partial charge in [-0.15, -0.1) is 0 Å². The van der Waals surface area contributed by atoms with Crippen molar-refractivity contribution in [1.82, 2.24) is 4.57 Å². The van der Waals surface area contributed by atoms with Gasteiger partial charge in [-0.2, -0.15) is 4.99 Å². The average molecular weight is 324 g/mol. The van der Waals surface area contributed by atoms with Crippen LogP contribution < -0.4 is 4.80 Å². The number of rotatable bonds is 2. The van der Waals surface area contributed by atoms with Crippen LogP contribution in [0.3, 0.4) is 0 Å². The van der Waals surface area contributed by atoms with Gasteiger partial charge in [0.2, 0.25) is 0 Å². The third-order valence-corrected chi connectivity index (χ3v) is 4.86. The van der Waals surface area contributed by atoms with Crippen LogP contribution in [0.2, 0.25) is 0 Å². The van der Waals surface area contributed by atoms with Crippen LogP contribution in [0.4, 0.5) is 0 Å². The van der Waals surface area contributed by atoms with Crippen LogP contribution in [0.5, 0.6) is 0 Å². The first kappa shape index (κ1) is 15.4. The van der Waals surface area contributed by atoms with Crippen LogP contribution in [-0.2, 0) is 7.05 Å². The molecule has 3 rings (SSSR count).